The van der Waals surface area contributed by atoms with Gasteiger partial charge in [-0.2, -0.15) is 5.26 Å². The average Bonchev–Trinajstić information content (AvgIpc) is 3.26. The van der Waals surface area contributed by atoms with Crippen molar-refractivity contribution in [1.29, 1.82) is 5.26 Å². The summed E-state index contributed by atoms with van der Waals surface area (Å²) < 4.78 is 0. The van der Waals surface area contributed by atoms with Crippen LogP contribution in [0.5, 0.6) is 0 Å². The van der Waals surface area contributed by atoms with Gasteiger partial charge in [0.25, 0.3) is 5.91 Å². The molecule has 0 saturated heterocycles. The molecule has 0 fully saturated rings. The first kappa shape index (κ1) is 28.1. The monoisotopic (exact) mass is 491 g/mol. The number of carbonyl (C=O) groups is 1. The summed E-state index contributed by atoms with van der Waals surface area (Å²) in [5, 5.41) is 26.7. The molecule has 0 bridgehead atoms. The van der Waals surface area contributed by atoms with E-state index in [1.54, 1.807) is 6.08 Å². The number of rotatable bonds is 12. The van der Waals surface area contributed by atoms with Gasteiger partial charge >= 0.3 is 0 Å². The van der Waals surface area contributed by atoms with Crippen molar-refractivity contribution in [2.24, 2.45) is 5.92 Å². The van der Waals surface area contributed by atoms with Crippen LogP contribution in [0.25, 0.3) is 29.2 Å². The van der Waals surface area contributed by atoms with Gasteiger partial charge in [-0.05, 0) is 79.0 Å². The zero-order valence-electron chi connectivity index (χ0n) is 21.3. The maximum Gasteiger partial charge on any atom is 0.262 e. The summed E-state index contributed by atoms with van der Waals surface area (Å²) in [5.74, 6) is 0.249. The molecule has 0 saturated carbocycles. The van der Waals surface area contributed by atoms with Crippen molar-refractivity contribution >= 4 is 36.0 Å². The Morgan fingerprint density at radius 2 is 2.06 bits per heavy atom. The fraction of sp³-hybridized carbons (Fsp3) is 0.379. The number of hydrogen-bond donors (Lipinski definition) is 3. The molecule has 0 aliphatic carbocycles. The lowest BCUT2D eigenvalue weighted by Gasteiger charge is -2.25. The molecule has 0 spiro atoms. The van der Waals surface area contributed by atoms with Gasteiger partial charge in [0.2, 0.25) is 0 Å². The van der Waals surface area contributed by atoms with Gasteiger partial charge in [-0.3, -0.25) is 4.79 Å². The summed E-state index contributed by atoms with van der Waals surface area (Å²) in [7, 11) is 0. The van der Waals surface area contributed by atoms with E-state index < -0.39 is 11.4 Å². The Hall–Kier alpha value is -3.14. The average molecular weight is 492 g/mol. The largest absolute Gasteiger partial charge is 0.396 e. The van der Waals surface area contributed by atoms with E-state index in [1.807, 2.05) is 56.3 Å². The van der Waals surface area contributed by atoms with Crippen molar-refractivity contribution in [2.75, 3.05) is 13.2 Å². The second-order valence-electron chi connectivity index (χ2n) is 9.50. The van der Waals surface area contributed by atoms with Crippen molar-refractivity contribution in [3.8, 4) is 16.5 Å². The van der Waals surface area contributed by atoms with Crippen LogP contribution in [0.4, 0.5) is 0 Å². The molecule has 0 aliphatic heterocycles. The lowest BCUT2D eigenvalue weighted by Crippen LogP contribution is -2.44. The van der Waals surface area contributed by atoms with Crippen LogP contribution in [0.15, 0.2) is 48.2 Å². The van der Waals surface area contributed by atoms with E-state index >= 15 is 0 Å². The molecule has 3 N–H and O–H groups in total. The third-order valence-electron chi connectivity index (χ3n) is 5.91. The smallest absolute Gasteiger partial charge is 0.262 e. The number of nitrogens with one attached hydrogen (secondary N) is 2. The fourth-order valence-corrected chi connectivity index (χ4v) is 4.36. The number of carbonyl (C=O) groups excluding carboxylic acids is 1. The van der Waals surface area contributed by atoms with Crippen LogP contribution in [0.1, 0.15) is 51.8 Å². The third kappa shape index (κ3) is 8.86. The molecule has 6 heteroatoms. The molecule has 5 nitrogen and oxygen atoms in total. The minimum atomic E-state index is -0.597. The van der Waals surface area contributed by atoms with Crippen LogP contribution in [-0.2, 0) is 4.79 Å². The van der Waals surface area contributed by atoms with Gasteiger partial charge in [-0.15, -0.1) is 11.3 Å². The van der Waals surface area contributed by atoms with Gasteiger partial charge < -0.3 is 15.7 Å². The van der Waals surface area contributed by atoms with Crippen LogP contribution in [0, 0.1) is 17.2 Å². The van der Waals surface area contributed by atoms with Gasteiger partial charge in [-0.25, -0.2) is 0 Å². The number of benzene rings is 1. The number of amides is 1. The molecule has 0 aliphatic rings. The normalized spacial score (nSPS) is 13.3. The predicted octanol–water partition coefficient (Wildman–Crippen LogP) is 4.33. The minimum absolute atomic E-state index is 0.0338. The Balaban J connectivity index is 2.15. The second-order valence-corrected chi connectivity index (χ2v) is 10.6. The standard InChI is InChI=1S/C29H37N3O2S/c1-7-20(2)12-14-31-22(4)17-23-8-9-24(16-21(23)3)27-11-10-26(35-27)18-25(19-30)28(34)32-29(5,6)13-15-33/h8-11,16-18,20,31,33H,3-4,7,12-15H2,1-2,5-6H3,(H,32,34)/b23-17-,25-18+. The van der Waals surface area contributed by atoms with Crippen molar-refractivity contribution in [1.82, 2.24) is 10.6 Å². The van der Waals surface area contributed by atoms with Crippen LogP contribution in [-0.4, -0.2) is 29.7 Å². The maximum absolute atomic E-state index is 12.5. The summed E-state index contributed by atoms with van der Waals surface area (Å²) in [5.41, 5.74) is 1.34. The zero-order valence-corrected chi connectivity index (χ0v) is 22.1. The lowest BCUT2D eigenvalue weighted by molar-refractivity contribution is -0.118. The van der Waals surface area contributed by atoms with Gasteiger partial charge in [-0.1, -0.05) is 45.6 Å². The summed E-state index contributed by atoms with van der Waals surface area (Å²) >= 11 is 1.50. The van der Waals surface area contributed by atoms with E-state index in [0.717, 1.165) is 44.4 Å². The Labute approximate surface area is 213 Å². The van der Waals surface area contributed by atoms with Crippen LogP contribution >= 0.6 is 11.3 Å². The number of nitriles is 1. The van der Waals surface area contributed by atoms with Crippen molar-refractivity contribution in [3.05, 3.63) is 63.5 Å². The van der Waals surface area contributed by atoms with E-state index in [0.29, 0.717) is 12.3 Å². The Bertz CT molecular complexity index is 1220. The van der Waals surface area contributed by atoms with Crippen LogP contribution < -0.4 is 21.1 Å². The van der Waals surface area contributed by atoms with E-state index in [2.05, 4.69) is 37.6 Å². The molecule has 1 amide bonds. The molecule has 1 aromatic heterocycles. The first-order chi connectivity index (χ1) is 16.6. The minimum Gasteiger partial charge on any atom is -0.396 e. The number of allylic oxidation sites excluding steroid dienone is 1. The molecular weight excluding hydrogens is 454 g/mol. The molecule has 2 aromatic rings. The SMILES string of the molecule is C=C(/C=c1/ccc(-c2ccc(/C=C(\C#N)C(=O)NC(C)(C)CCO)s2)cc1=C)NCCC(C)CC. The second kappa shape index (κ2) is 13.1. The van der Waals surface area contributed by atoms with E-state index in [-0.39, 0.29) is 12.2 Å². The van der Waals surface area contributed by atoms with Gasteiger partial charge in [0.1, 0.15) is 11.6 Å². The highest BCUT2D eigenvalue weighted by atomic mass is 32.1. The first-order valence-electron chi connectivity index (χ1n) is 12.0. The summed E-state index contributed by atoms with van der Waals surface area (Å²) in [4.78, 5) is 14.4. The highest BCUT2D eigenvalue weighted by Crippen LogP contribution is 2.28. The topological polar surface area (TPSA) is 85.2 Å². The quantitative estimate of drug-likeness (QED) is 0.305. The molecule has 1 unspecified atom stereocenters. The maximum atomic E-state index is 12.5. The number of nitrogens with zero attached hydrogens (tertiary/aromatic N) is 1. The molecule has 1 heterocycles. The predicted molar refractivity (Wildman–Crippen MR) is 148 cm³/mol. The lowest BCUT2D eigenvalue weighted by atomic mass is 10.0. The van der Waals surface area contributed by atoms with Gasteiger partial charge in [0, 0.05) is 34.1 Å². The van der Waals surface area contributed by atoms with Gasteiger partial charge in [0.15, 0.2) is 0 Å². The zero-order chi connectivity index (χ0) is 26.0. The molecule has 1 aromatic carbocycles. The number of aliphatic hydroxyl groups is 1. The highest BCUT2D eigenvalue weighted by molar-refractivity contribution is 7.16. The molecule has 35 heavy (non-hydrogen) atoms. The Kier molecular flexibility index (Phi) is 10.5. The molecule has 186 valence electrons. The first-order valence-corrected chi connectivity index (χ1v) is 12.8. The Morgan fingerprint density at radius 1 is 1.31 bits per heavy atom. The molecule has 2 rings (SSSR count). The number of aliphatic hydroxyl groups excluding tert-OH is 1. The molecule has 0 radical (unpaired) electrons. The molecule has 1 atom stereocenters. The van der Waals surface area contributed by atoms with Gasteiger partial charge in [0.05, 0.1) is 0 Å². The fourth-order valence-electron chi connectivity index (χ4n) is 3.41. The Morgan fingerprint density at radius 3 is 2.69 bits per heavy atom. The third-order valence-corrected chi connectivity index (χ3v) is 6.99. The summed E-state index contributed by atoms with van der Waals surface area (Å²) in [6.07, 6.45) is 6.31. The van der Waals surface area contributed by atoms with E-state index in [9.17, 15) is 10.1 Å². The van der Waals surface area contributed by atoms with Crippen LogP contribution in [0.3, 0.4) is 0 Å². The van der Waals surface area contributed by atoms with Crippen LogP contribution in [0.2, 0.25) is 0 Å². The van der Waals surface area contributed by atoms with Crippen molar-refractivity contribution < 1.29 is 9.90 Å². The summed E-state index contributed by atoms with van der Waals surface area (Å²) in [6, 6.07) is 12.0. The molecular formula is C29H37N3O2S. The number of thiophene rings is 1. The summed E-state index contributed by atoms with van der Waals surface area (Å²) in [6.45, 7) is 17.3. The number of hydrogen-bond acceptors (Lipinski definition) is 5. The van der Waals surface area contributed by atoms with E-state index in [1.165, 1.54) is 17.8 Å². The van der Waals surface area contributed by atoms with E-state index in [4.69, 9.17) is 5.11 Å². The van der Waals surface area contributed by atoms with Crippen molar-refractivity contribution in [3.63, 3.8) is 0 Å². The van der Waals surface area contributed by atoms with Crippen molar-refractivity contribution in [2.45, 2.75) is 52.5 Å². The highest BCUT2D eigenvalue weighted by Gasteiger charge is 2.22.